The van der Waals surface area contributed by atoms with Crippen molar-refractivity contribution < 1.29 is 13.9 Å². The molecule has 0 aromatic heterocycles. The third-order valence-corrected chi connectivity index (χ3v) is 5.87. The Labute approximate surface area is 183 Å². The van der Waals surface area contributed by atoms with Gasteiger partial charge in [0.2, 0.25) is 0 Å². The van der Waals surface area contributed by atoms with E-state index in [0.29, 0.717) is 42.8 Å². The van der Waals surface area contributed by atoms with Crippen LogP contribution in [-0.2, 0) is 9.47 Å². The van der Waals surface area contributed by atoms with Crippen LogP contribution in [0.4, 0.5) is 4.39 Å². The SMILES string of the molecule is CC1CN(C(CN=C(N)NCCCN2CCOCC2)c2c(F)cccc2Cl)CCO1. The molecule has 2 heterocycles. The zero-order valence-corrected chi connectivity index (χ0v) is 18.4. The predicted molar refractivity (Wildman–Crippen MR) is 118 cm³/mol. The molecule has 0 aliphatic carbocycles. The molecule has 0 saturated carbocycles. The van der Waals surface area contributed by atoms with Gasteiger partial charge in [0.05, 0.1) is 38.5 Å². The second kappa shape index (κ2) is 11.8. The van der Waals surface area contributed by atoms with Gasteiger partial charge in [-0.3, -0.25) is 14.8 Å². The van der Waals surface area contributed by atoms with Gasteiger partial charge in [-0.15, -0.1) is 0 Å². The summed E-state index contributed by atoms with van der Waals surface area (Å²) in [5.74, 6) is 0.0506. The van der Waals surface area contributed by atoms with E-state index in [1.165, 1.54) is 6.07 Å². The molecule has 2 unspecified atom stereocenters. The van der Waals surface area contributed by atoms with Gasteiger partial charge in [-0.05, 0) is 32.0 Å². The van der Waals surface area contributed by atoms with Crippen molar-refractivity contribution in [2.75, 3.05) is 65.6 Å². The summed E-state index contributed by atoms with van der Waals surface area (Å²) in [6, 6.07) is 4.48. The molecule has 2 saturated heterocycles. The standard InChI is InChI=1S/C21H33ClFN5O2/c1-16-15-28(10-13-30-16)19(20-17(22)4-2-5-18(20)23)14-26-21(24)25-6-3-7-27-8-11-29-12-9-27/h2,4-5,16,19H,3,6-15H2,1H3,(H3,24,25,26). The van der Waals surface area contributed by atoms with E-state index < -0.39 is 0 Å². The highest BCUT2D eigenvalue weighted by atomic mass is 35.5. The molecule has 2 aliphatic heterocycles. The minimum Gasteiger partial charge on any atom is -0.379 e. The van der Waals surface area contributed by atoms with Crippen LogP contribution in [0.2, 0.25) is 5.02 Å². The summed E-state index contributed by atoms with van der Waals surface area (Å²) in [6.07, 6.45) is 1.05. The highest BCUT2D eigenvalue weighted by molar-refractivity contribution is 6.31. The van der Waals surface area contributed by atoms with Crippen molar-refractivity contribution in [2.24, 2.45) is 10.7 Å². The number of benzene rings is 1. The molecule has 2 aliphatic rings. The number of hydrogen-bond donors (Lipinski definition) is 2. The molecule has 0 radical (unpaired) electrons. The van der Waals surface area contributed by atoms with Crippen molar-refractivity contribution in [3.63, 3.8) is 0 Å². The van der Waals surface area contributed by atoms with Crippen LogP contribution in [0, 0.1) is 5.82 Å². The van der Waals surface area contributed by atoms with Gasteiger partial charge in [0, 0.05) is 43.3 Å². The van der Waals surface area contributed by atoms with Crippen LogP contribution in [0.1, 0.15) is 24.9 Å². The van der Waals surface area contributed by atoms with Crippen LogP contribution in [0.5, 0.6) is 0 Å². The first-order chi connectivity index (χ1) is 14.5. The number of aliphatic imine (C=N–C) groups is 1. The van der Waals surface area contributed by atoms with Crippen LogP contribution in [0.15, 0.2) is 23.2 Å². The van der Waals surface area contributed by atoms with Crippen LogP contribution in [-0.4, -0.2) is 87.5 Å². The van der Waals surface area contributed by atoms with Gasteiger partial charge in [-0.1, -0.05) is 17.7 Å². The van der Waals surface area contributed by atoms with E-state index in [1.807, 2.05) is 6.92 Å². The molecular weight excluding hydrogens is 409 g/mol. The van der Waals surface area contributed by atoms with Gasteiger partial charge >= 0.3 is 0 Å². The zero-order chi connectivity index (χ0) is 21.3. The van der Waals surface area contributed by atoms with Crippen molar-refractivity contribution in [3.05, 3.63) is 34.6 Å². The molecule has 2 atom stereocenters. The van der Waals surface area contributed by atoms with Gasteiger partial charge in [0.15, 0.2) is 5.96 Å². The minimum absolute atomic E-state index is 0.0754. The summed E-state index contributed by atoms with van der Waals surface area (Å²) in [5.41, 5.74) is 6.56. The van der Waals surface area contributed by atoms with Crippen molar-refractivity contribution in [1.29, 1.82) is 0 Å². The lowest BCUT2D eigenvalue weighted by atomic mass is 10.0. The van der Waals surface area contributed by atoms with E-state index in [0.717, 1.165) is 45.8 Å². The first-order valence-corrected chi connectivity index (χ1v) is 11.1. The quantitative estimate of drug-likeness (QED) is 0.364. The number of ether oxygens (including phenoxy) is 2. The molecule has 30 heavy (non-hydrogen) atoms. The highest BCUT2D eigenvalue weighted by Gasteiger charge is 2.29. The van der Waals surface area contributed by atoms with Gasteiger partial charge in [-0.25, -0.2) is 4.39 Å². The summed E-state index contributed by atoms with van der Waals surface area (Å²) in [5, 5.41) is 3.58. The Kier molecular flexibility index (Phi) is 9.14. The Morgan fingerprint density at radius 3 is 2.87 bits per heavy atom. The molecule has 2 fully saturated rings. The van der Waals surface area contributed by atoms with Crippen molar-refractivity contribution in [2.45, 2.75) is 25.5 Å². The lowest BCUT2D eigenvalue weighted by Crippen LogP contribution is -2.44. The first-order valence-electron chi connectivity index (χ1n) is 10.7. The Bertz CT molecular complexity index is 682. The number of hydrogen-bond acceptors (Lipinski definition) is 5. The molecule has 9 heteroatoms. The maximum absolute atomic E-state index is 14.7. The monoisotopic (exact) mass is 441 g/mol. The lowest BCUT2D eigenvalue weighted by molar-refractivity contribution is -0.0336. The Morgan fingerprint density at radius 2 is 2.13 bits per heavy atom. The molecule has 0 spiro atoms. The summed E-state index contributed by atoms with van der Waals surface area (Å²) < 4.78 is 25.7. The maximum Gasteiger partial charge on any atom is 0.188 e. The van der Waals surface area contributed by atoms with Gasteiger partial charge in [-0.2, -0.15) is 0 Å². The molecular formula is C21H33ClFN5O2. The molecule has 7 nitrogen and oxygen atoms in total. The van der Waals surface area contributed by atoms with E-state index in [2.05, 4.69) is 20.1 Å². The fourth-order valence-corrected chi connectivity index (χ4v) is 4.22. The topological polar surface area (TPSA) is 75.4 Å². The molecule has 168 valence electrons. The van der Waals surface area contributed by atoms with Crippen molar-refractivity contribution in [1.82, 2.24) is 15.1 Å². The Hall–Kier alpha value is -1.45. The molecule has 0 amide bonds. The summed E-state index contributed by atoms with van der Waals surface area (Å²) in [7, 11) is 0. The molecule has 1 aromatic rings. The second-order valence-corrected chi connectivity index (χ2v) is 8.19. The van der Waals surface area contributed by atoms with Crippen LogP contribution in [0.25, 0.3) is 0 Å². The fraction of sp³-hybridized carbons (Fsp3) is 0.667. The summed E-state index contributed by atoms with van der Waals surface area (Å²) >= 11 is 6.36. The van der Waals surface area contributed by atoms with E-state index in [1.54, 1.807) is 12.1 Å². The van der Waals surface area contributed by atoms with Crippen LogP contribution in [0.3, 0.4) is 0 Å². The highest BCUT2D eigenvalue weighted by Crippen LogP contribution is 2.31. The third-order valence-electron chi connectivity index (χ3n) is 5.54. The van der Waals surface area contributed by atoms with E-state index in [4.69, 9.17) is 26.8 Å². The maximum atomic E-state index is 14.7. The number of halogens is 2. The number of nitrogens with one attached hydrogen (secondary N) is 1. The van der Waals surface area contributed by atoms with Crippen molar-refractivity contribution >= 4 is 17.6 Å². The van der Waals surface area contributed by atoms with Gasteiger partial charge in [0.1, 0.15) is 5.82 Å². The lowest BCUT2D eigenvalue weighted by Gasteiger charge is -2.37. The molecule has 3 N–H and O–H groups in total. The van der Waals surface area contributed by atoms with Gasteiger partial charge in [0.25, 0.3) is 0 Å². The Balaban J connectivity index is 1.58. The minimum atomic E-state index is -0.320. The largest absolute Gasteiger partial charge is 0.379 e. The first kappa shape index (κ1) is 23.2. The van der Waals surface area contributed by atoms with Crippen molar-refractivity contribution in [3.8, 4) is 0 Å². The normalized spacial score (nSPS) is 22.8. The van der Waals surface area contributed by atoms with Crippen LogP contribution < -0.4 is 11.1 Å². The number of morpholine rings is 2. The third kappa shape index (κ3) is 6.78. The number of nitrogens with zero attached hydrogens (tertiary/aromatic N) is 3. The molecule has 3 rings (SSSR count). The van der Waals surface area contributed by atoms with E-state index >= 15 is 0 Å². The van der Waals surface area contributed by atoms with Gasteiger partial charge < -0.3 is 20.5 Å². The Morgan fingerprint density at radius 1 is 1.33 bits per heavy atom. The smallest absolute Gasteiger partial charge is 0.188 e. The molecule has 1 aromatic carbocycles. The zero-order valence-electron chi connectivity index (χ0n) is 17.7. The summed E-state index contributed by atoms with van der Waals surface area (Å²) in [4.78, 5) is 9.07. The predicted octanol–water partition coefficient (Wildman–Crippen LogP) is 1.87. The number of guanidine groups is 1. The average molecular weight is 442 g/mol. The van der Waals surface area contributed by atoms with E-state index in [9.17, 15) is 4.39 Å². The van der Waals surface area contributed by atoms with Crippen LogP contribution >= 0.6 is 11.6 Å². The fourth-order valence-electron chi connectivity index (χ4n) is 3.93. The average Bonchev–Trinajstić information content (AvgIpc) is 2.74. The number of rotatable bonds is 8. The molecule has 0 bridgehead atoms. The second-order valence-electron chi connectivity index (χ2n) is 7.79. The van der Waals surface area contributed by atoms with E-state index in [-0.39, 0.29) is 18.0 Å². The summed E-state index contributed by atoms with van der Waals surface area (Å²) in [6.45, 7) is 9.64. The number of nitrogens with two attached hydrogens (primary N) is 1.